The van der Waals surface area contributed by atoms with Gasteiger partial charge in [-0.25, -0.2) is 0 Å². The first-order chi connectivity index (χ1) is 14.0. The van der Waals surface area contributed by atoms with Gasteiger partial charge in [0.1, 0.15) is 0 Å². The van der Waals surface area contributed by atoms with Crippen molar-refractivity contribution in [2.45, 2.75) is 12.2 Å². The van der Waals surface area contributed by atoms with E-state index in [1.807, 2.05) is 0 Å². The molecule has 0 aromatic heterocycles. The minimum absolute atomic E-state index is 0.107. The summed E-state index contributed by atoms with van der Waals surface area (Å²) in [7, 11) is 2.99. The van der Waals surface area contributed by atoms with Crippen LogP contribution >= 0.6 is 0 Å². The molecule has 4 atom stereocenters. The zero-order valence-corrected chi connectivity index (χ0v) is 16.3. The first kappa shape index (κ1) is 21.2. The van der Waals surface area contributed by atoms with E-state index in [2.05, 4.69) is 0 Å². The van der Waals surface area contributed by atoms with Gasteiger partial charge in [0, 0.05) is 25.0 Å². The Bertz CT molecular complexity index is 824. The van der Waals surface area contributed by atoms with Gasteiger partial charge < -0.3 is 39.4 Å². The standard InChI is InChI=1S/C21H26O8/c1-26-16-5-3-12(7-18(16)27-2)20(24)14(9-22)15(10-23)21(25)13-4-6-17-19(8-13)29-11-28-17/h3-8,14-15,20-25H,9-11H2,1-2H3/t14-,15-,20+,21+/m1/s1. The number of fused-ring (bicyclic) bond motifs is 1. The van der Waals surface area contributed by atoms with Crippen LogP contribution in [0.15, 0.2) is 36.4 Å². The lowest BCUT2D eigenvalue weighted by molar-refractivity contribution is -0.0424. The van der Waals surface area contributed by atoms with E-state index >= 15 is 0 Å². The fourth-order valence-electron chi connectivity index (χ4n) is 3.57. The van der Waals surface area contributed by atoms with Crippen LogP contribution in [0.2, 0.25) is 0 Å². The van der Waals surface area contributed by atoms with Crippen LogP contribution in [0.25, 0.3) is 0 Å². The number of aliphatic hydroxyl groups excluding tert-OH is 4. The van der Waals surface area contributed by atoms with Gasteiger partial charge in [0.15, 0.2) is 23.0 Å². The number of methoxy groups -OCH3 is 2. The van der Waals surface area contributed by atoms with Crippen LogP contribution in [-0.4, -0.2) is 54.7 Å². The molecule has 29 heavy (non-hydrogen) atoms. The summed E-state index contributed by atoms with van der Waals surface area (Å²) in [6, 6.07) is 9.87. The summed E-state index contributed by atoms with van der Waals surface area (Å²) in [5, 5.41) is 41.7. The summed E-state index contributed by atoms with van der Waals surface area (Å²) >= 11 is 0. The summed E-state index contributed by atoms with van der Waals surface area (Å²) in [5.74, 6) is 0.340. The fraction of sp³-hybridized carbons (Fsp3) is 0.429. The summed E-state index contributed by atoms with van der Waals surface area (Å²) in [6.07, 6.45) is -2.29. The summed E-state index contributed by atoms with van der Waals surface area (Å²) in [5.41, 5.74) is 0.962. The Balaban J connectivity index is 1.86. The molecule has 1 aliphatic rings. The smallest absolute Gasteiger partial charge is 0.231 e. The lowest BCUT2D eigenvalue weighted by atomic mass is 9.80. The highest BCUT2D eigenvalue weighted by atomic mass is 16.7. The van der Waals surface area contributed by atoms with Crippen molar-refractivity contribution in [2.24, 2.45) is 11.8 Å². The van der Waals surface area contributed by atoms with E-state index in [9.17, 15) is 20.4 Å². The van der Waals surface area contributed by atoms with Crippen molar-refractivity contribution in [3.8, 4) is 23.0 Å². The van der Waals surface area contributed by atoms with Crippen LogP contribution < -0.4 is 18.9 Å². The van der Waals surface area contributed by atoms with Gasteiger partial charge in [-0.15, -0.1) is 0 Å². The predicted octanol–water partition coefficient (Wildman–Crippen LogP) is 1.42. The van der Waals surface area contributed by atoms with Gasteiger partial charge in [0.25, 0.3) is 0 Å². The van der Waals surface area contributed by atoms with E-state index in [0.29, 0.717) is 34.1 Å². The van der Waals surface area contributed by atoms with Gasteiger partial charge >= 0.3 is 0 Å². The molecule has 2 aromatic carbocycles. The predicted molar refractivity (Wildman–Crippen MR) is 103 cm³/mol. The molecular weight excluding hydrogens is 380 g/mol. The van der Waals surface area contributed by atoms with E-state index in [1.54, 1.807) is 36.4 Å². The van der Waals surface area contributed by atoms with Crippen LogP contribution in [0.5, 0.6) is 23.0 Å². The number of hydrogen-bond acceptors (Lipinski definition) is 8. The Morgan fingerprint density at radius 3 is 1.93 bits per heavy atom. The number of ether oxygens (including phenoxy) is 4. The molecule has 3 rings (SSSR count). The summed E-state index contributed by atoms with van der Waals surface area (Å²) in [4.78, 5) is 0. The second kappa shape index (κ2) is 9.32. The van der Waals surface area contributed by atoms with E-state index in [4.69, 9.17) is 18.9 Å². The molecule has 0 bridgehead atoms. The Labute approximate surface area is 168 Å². The quantitative estimate of drug-likeness (QED) is 0.494. The van der Waals surface area contributed by atoms with E-state index in [1.165, 1.54) is 14.2 Å². The van der Waals surface area contributed by atoms with E-state index in [-0.39, 0.29) is 6.79 Å². The normalized spacial score (nSPS) is 16.8. The van der Waals surface area contributed by atoms with E-state index in [0.717, 1.165) is 0 Å². The molecule has 8 nitrogen and oxygen atoms in total. The zero-order valence-electron chi connectivity index (χ0n) is 16.3. The molecule has 158 valence electrons. The van der Waals surface area contributed by atoms with Crippen LogP contribution in [0.1, 0.15) is 23.3 Å². The number of benzene rings is 2. The first-order valence-corrected chi connectivity index (χ1v) is 9.23. The SMILES string of the molecule is COc1ccc([C@H](O)[C@H](CO)[C@@H](CO)[C@@H](O)c2ccc3c(c2)OCO3)cc1OC. The number of rotatable bonds is 9. The number of aliphatic hydroxyl groups is 4. The van der Waals surface area contributed by atoms with Crippen LogP contribution in [0.3, 0.4) is 0 Å². The number of hydrogen-bond donors (Lipinski definition) is 4. The Morgan fingerprint density at radius 2 is 1.34 bits per heavy atom. The van der Waals surface area contributed by atoms with Crippen LogP contribution in [0, 0.1) is 11.8 Å². The summed E-state index contributed by atoms with van der Waals surface area (Å²) in [6.45, 7) is -0.775. The highest BCUT2D eigenvalue weighted by molar-refractivity contribution is 5.45. The zero-order chi connectivity index (χ0) is 21.0. The van der Waals surface area contributed by atoms with Gasteiger partial charge in [0.2, 0.25) is 6.79 Å². The molecule has 0 spiro atoms. The highest BCUT2D eigenvalue weighted by Gasteiger charge is 2.35. The summed E-state index contributed by atoms with van der Waals surface area (Å²) < 4.78 is 21.1. The average Bonchev–Trinajstić information content (AvgIpc) is 3.23. The van der Waals surface area contributed by atoms with Crippen molar-refractivity contribution in [1.82, 2.24) is 0 Å². The van der Waals surface area contributed by atoms with Gasteiger partial charge in [0.05, 0.1) is 26.4 Å². The lowest BCUT2D eigenvalue weighted by Gasteiger charge is -2.32. The molecule has 0 amide bonds. The average molecular weight is 406 g/mol. The third-order valence-corrected chi connectivity index (χ3v) is 5.27. The molecule has 4 N–H and O–H groups in total. The molecule has 0 radical (unpaired) electrons. The molecule has 0 saturated carbocycles. The molecule has 1 aliphatic heterocycles. The van der Waals surface area contributed by atoms with Crippen molar-refractivity contribution in [3.05, 3.63) is 47.5 Å². The molecular formula is C21H26O8. The van der Waals surface area contributed by atoms with Gasteiger partial charge in [-0.05, 0) is 35.4 Å². The third-order valence-electron chi connectivity index (χ3n) is 5.27. The lowest BCUT2D eigenvalue weighted by Crippen LogP contribution is -2.32. The molecule has 0 fully saturated rings. The third kappa shape index (κ3) is 4.25. The van der Waals surface area contributed by atoms with Gasteiger partial charge in [-0.3, -0.25) is 0 Å². The first-order valence-electron chi connectivity index (χ1n) is 9.23. The molecule has 1 heterocycles. The maximum Gasteiger partial charge on any atom is 0.231 e. The van der Waals surface area contributed by atoms with Crippen LogP contribution in [0.4, 0.5) is 0 Å². The molecule has 2 aromatic rings. The maximum atomic E-state index is 10.9. The molecule has 0 unspecified atom stereocenters. The molecule has 0 aliphatic carbocycles. The second-order valence-electron chi connectivity index (χ2n) is 6.81. The van der Waals surface area contributed by atoms with E-state index < -0.39 is 37.3 Å². The maximum absolute atomic E-state index is 10.9. The monoisotopic (exact) mass is 406 g/mol. The Hall–Kier alpha value is -2.52. The fourth-order valence-corrected chi connectivity index (χ4v) is 3.57. The Morgan fingerprint density at radius 1 is 0.793 bits per heavy atom. The van der Waals surface area contributed by atoms with Crippen molar-refractivity contribution in [3.63, 3.8) is 0 Å². The molecule has 8 heteroatoms. The van der Waals surface area contributed by atoms with Crippen molar-refractivity contribution in [2.75, 3.05) is 34.2 Å². The van der Waals surface area contributed by atoms with Crippen LogP contribution in [-0.2, 0) is 0 Å². The van der Waals surface area contributed by atoms with Gasteiger partial charge in [-0.2, -0.15) is 0 Å². The largest absolute Gasteiger partial charge is 0.493 e. The van der Waals surface area contributed by atoms with Crippen molar-refractivity contribution >= 4 is 0 Å². The Kier molecular flexibility index (Phi) is 6.81. The highest BCUT2D eigenvalue weighted by Crippen LogP contribution is 2.40. The van der Waals surface area contributed by atoms with Gasteiger partial charge in [-0.1, -0.05) is 12.1 Å². The van der Waals surface area contributed by atoms with Crippen molar-refractivity contribution < 1.29 is 39.4 Å². The molecule has 0 saturated heterocycles. The second-order valence-corrected chi connectivity index (χ2v) is 6.81. The minimum Gasteiger partial charge on any atom is -0.493 e. The minimum atomic E-state index is -1.15. The topological polar surface area (TPSA) is 118 Å². The van der Waals surface area contributed by atoms with Crippen molar-refractivity contribution in [1.29, 1.82) is 0 Å².